The van der Waals surface area contributed by atoms with E-state index in [4.69, 9.17) is 5.11 Å². The zero-order chi connectivity index (χ0) is 11.8. The largest absolute Gasteiger partial charge is 0.480 e. The van der Waals surface area contributed by atoms with Gasteiger partial charge < -0.3 is 5.11 Å². The smallest absolute Gasteiger partial charge is 0.322 e. The van der Waals surface area contributed by atoms with E-state index in [1.54, 1.807) is 0 Å². The minimum atomic E-state index is -3.78. The number of hydrogen-bond acceptors (Lipinski definition) is 5. The molecule has 0 aromatic carbocycles. The molecular formula is C7H9N3O4S2. The highest BCUT2D eigenvalue weighted by atomic mass is 32.2. The molecule has 2 N–H and O–H groups in total. The van der Waals surface area contributed by atoms with Gasteiger partial charge in [-0.25, -0.2) is 8.42 Å². The zero-order valence-corrected chi connectivity index (χ0v) is 9.66. The molecule has 1 aromatic heterocycles. The normalized spacial score (nSPS) is 22.4. The molecule has 88 valence electrons. The molecule has 0 aliphatic carbocycles. The van der Waals surface area contributed by atoms with Crippen LogP contribution >= 0.6 is 11.8 Å². The molecule has 2 heterocycles. The lowest BCUT2D eigenvalue weighted by molar-refractivity contribution is -0.140. The molecule has 0 spiro atoms. The number of aliphatic carboxylic acids is 1. The maximum Gasteiger partial charge on any atom is 0.322 e. The Hall–Kier alpha value is -1.06. The quantitative estimate of drug-likeness (QED) is 0.766. The van der Waals surface area contributed by atoms with Crippen molar-refractivity contribution in [2.24, 2.45) is 0 Å². The van der Waals surface area contributed by atoms with Crippen molar-refractivity contribution in [1.82, 2.24) is 14.5 Å². The predicted molar refractivity (Wildman–Crippen MR) is 56.4 cm³/mol. The number of rotatable bonds is 3. The molecule has 16 heavy (non-hydrogen) atoms. The van der Waals surface area contributed by atoms with Crippen molar-refractivity contribution in [2.45, 2.75) is 11.1 Å². The number of thioether (sulfide) groups is 1. The second-order valence-corrected chi connectivity index (χ2v) is 6.03. The summed E-state index contributed by atoms with van der Waals surface area (Å²) in [5.74, 6) is -0.714. The van der Waals surface area contributed by atoms with Crippen LogP contribution in [-0.4, -0.2) is 51.7 Å². The second kappa shape index (κ2) is 4.07. The number of carbonyl (C=O) groups is 1. The van der Waals surface area contributed by atoms with Crippen molar-refractivity contribution < 1.29 is 18.3 Å². The predicted octanol–water partition coefficient (Wildman–Crippen LogP) is -0.442. The lowest BCUT2D eigenvalue weighted by Crippen LogP contribution is -2.41. The van der Waals surface area contributed by atoms with Crippen LogP contribution in [0.5, 0.6) is 0 Å². The van der Waals surface area contributed by atoms with Gasteiger partial charge in [-0.1, -0.05) is 0 Å². The van der Waals surface area contributed by atoms with E-state index < -0.39 is 22.0 Å². The van der Waals surface area contributed by atoms with Gasteiger partial charge in [0, 0.05) is 5.75 Å². The summed E-state index contributed by atoms with van der Waals surface area (Å²) < 4.78 is 24.9. The number of nitrogens with zero attached hydrogens (tertiary/aromatic N) is 2. The Morgan fingerprint density at radius 2 is 2.44 bits per heavy atom. The van der Waals surface area contributed by atoms with Crippen LogP contribution < -0.4 is 0 Å². The Labute approximate surface area is 95.9 Å². The molecule has 2 rings (SSSR count). The standard InChI is InChI=1S/C7H9N3O4S2/c11-7(12)5-3-15-4-10(5)16(13,14)6-1-2-8-9-6/h1-2,5H,3-4H2,(H,8,9)(H,11,12)/t5-/m0/s1. The first-order chi connectivity index (χ1) is 7.53. The highest BCUT2D eigenvalue weighted by Gasteiger charge is 2.40. The van der Waals surface area contributed by atoms with Gasteiger partial charge >= 0.3 is 5.97 Å². The number of nitrogens with one attached hydrogen (secondary N) is 1. The van der Waals surface area contributed by atoms with Crippen LogP contribution in [0.1, 0.15) is 0 Å². The Morgan fingerprint density at radius 1 is 1.69 bits per heavy atom. The molecule has 1 aromatic rings. The van der Waals surface area contributed by atoms with Gasteiger partial charge in [-0.2, -0.15) is 9.40 Å². The summed E-state index contributed by atoms with van der Waals surface area (Å²) in [4.78, 5) is 10.9. The van der Waals surface area contributed by atoms with Crippen LogP contribution in [-0.2, 0) is 14.8 Å². The molecule has 7 nitrogen and oxygen atoms in total. The van der Waals surface area contributed by atoms with E-state index in [2.05, 4.69) is 10.2 Å². The lowest BCUT2D eigenvalue weighted by Gasteiger charge is -2.18. The molecule has 0 saturated carbocycles. The fourth-order valence-corrected chi connectivity index (χ4v) is 4.41. The van der Waals surface area contributed by atoms with E-state index in [0.29, 0.717) is 0 Å². The highest BCUT2D eigenvalue weighted by molar-refractivity contribution is 8.00. The van der Waals surface area contributed by atoms with Crippen LogP contribution in [0.25, 0.3) is 0 Å². The lowest BCUT2D eigenvalue weighted by atomic mass is 10.4. The van der Waals surface area contributed by atoms with Crippen molar-refractivity contribution >= 4 is 27.8 Å². The van der Waals surface area contributed by atoms with Gasteiger partial charge in [0.1, 0.15) is 6.04 Å². The average molecular weight is 263 g/mol. The number of hydrogen-bond donors (Lipinski definition) is 2. The number of carboxylic acids is 1. The topological polar surface area (TPSA) is 103 Å². The maximum atomic E-state index is 12.0. The summed E-state index contributed by atoms with van der Waals surface area (Å²) in [6.07, 6.45) is 1.31. The first kappa shape index (κ1) is 11.4. The molecule has 0 bridgehead atoms. The molecule has 1 saturated heterocycles. The van der Waals surface area contributed by atoms with Crippen molar-refractivity contribution in [3.8, 4) is 0 Å². The van der Waals surface area contributed by atoms with Crippen LogP contribution in [0.3, 0.4) is 0 Å². The van der Waals surface area contributed by atoms with Crippen LogP contribution in [0, 0.1) is 0 Å². The molecule has 0 amide bonds. The number of aromatic amines is 1. The number of sulfonamides is 1. The van der Waals surface area contributed by atoms with Crippen molar-refractivity contribution in [1.29, 1.82) is 0 Å². The van der Waals surface area contributed by atoms with E-state index in [0.717, 1.165) is 4.31 Å². The summed E-state index contributed by atoms with van der Waals surface area (Å²) >= 11 is 1.27. The number of aromatic nitrogens is 2. The van der Waals surface area contributed by atoms with Crippen LogP contribution in [0.2, 0.25) is 0 Å². The Bertz CT molecular complexity index is 484. The first-order valence-electron chi connectivity index (χ1n) is 4.35. The number of carboxylic acid groups (broad SMARTS) is 1. The monoisotopic (exact) mass is 263 g/mol. The van der Waals surface area contributed by atoms with Crippen molar-refractivity contribution in [2.75, 3.05) is 11.6 Å². The SMILES string of the molecule is O=C(O)[C@@H]1CSCN1S(=O)(=O)c1ccn[nH]1. The van der Waals surface area contributed by atoms with Gasteiger partial charge in [0.25, 0.3) is 10.0 Å². The summed E-state index contributed by atoms with van der Waals surface area (Å²) in [6.45, 7) is 0. The fourth-order valence-electron chi connectivity index (χ4n) is 1.37. The third kappa shape index (κ3) is 1.81. The van der Waals surface area contributed by atoms with Gasteiger partial charge in [0.15, 0.2) is 5.03 Å². The van der Waals surface area contributed by atoms with Crippen molar-refractivity contribution in [3.05, 3.63) is 12.3 Å². The van der Waals surface area contributed by atoms with E-state index in [-0.39, 0.29) is 16.7 Å². The Balaban J connectivity index is 2.34. The molecule has 1 atom stereocenters. The van der Waals surface area contributed by atoms with Crippen molar-refractivity contribution in [3.63, 3.8) is 0 Å². The first-order valence-corrected chi connectivity index (χ1v) is 6.95. The van der Waals surface area contributed by atoms with Gasteiger partial charge in [0.2, 0.25) is 0 Å². The molecule has 0 radical (unpaired) electrons. The molecule has 1 aliphatic heterocycles. The van der Waals surface area contributed by atoms with Gasteiger partial charge in [-0.05, 0) is 6.07 Å². The number of H-pyrrole nitrogens is 1. The molecule has 1 aliphatic rings. The minimum absolute atomic E-state index is 0.0822. The summed E-state index contributed by atoms with van der Waals surface area (Å²) in [7, 11) is -3.78. The molecule has 9 heteroatoms. The summed E-state index contributed by atoms with van der Waals surface area (Å²) in [5.41, 5.74) is 0. The van der Waals surface area contributed by atoms with Crippen LogP contribution in [0.4, 0.5) is 0 Å². The van der Waals surface area contributed by atoms with E-state index in [9.17, 15) is 13.2 Å². The fraction of sp³-hybridized carbons (Fsp3) is 0.429. The van der Waals surface area contributed by atoms with E-state index >= 15 is 0 Å². The maximum absolute atomic E-state index is 12.0. The van der Waals surface area contributed by atoms with Gasteiger partial charge in [-0.15, -0.1) is 11.8 Å². The molecular weight excluding hydrogens is 254 g/mol. The average Bonchev–Trinajstić information content (AvgIpc) is 2.89. The summed E-state index contributed by atoms with van der Waals surface area (Å²) in [6, 6.07) is 0.301. The minimum Gasteiger partial charge on any atom is -0.480 e. The third-order valence-corrected chi connectivity index (χ3v) is 5.15. The highest BCUT2D eigenvalue weighted by Crippen LogP contribution is 2.27. The van der Waals surface area contributed by atoms with Gasteiger partial charge in [-0.3, -0.25) is 9.89 Å². The Morgan fingerprint density at radius 3 is 3.00 bits per heavy atom. The second-order valence-electron chi connectivity index (χ2n) is 3.17. The summed E-state index contributed by atoms with van der Waals surface area (Å²) in [5, 5.41) is 14.7. The van der Waals surface area contributed by atoms with E-state index in [1.165, 1.54) is 24.0 Å². The third-order valence-electron chi connectivity index (χ3n) is 2.19. The molecule has 0 unspecified atom stereocenters. The van der Waals surface area contributed by atoms with E-state index in [1.807, 2.05) is 0 Å². The molecule has 1 fully saturated rings. The van der Waals surface area contributed by atoms with Crippen LogP contribution in [0.15, 0.2) is 17.3 Å². The Kier molecular flexibility index (Phi) is 2.91. The van der Waals surface area contributed by atoms with Gasteiger partial charge in [0.05, 0.1) is 12.1 Å². The zero-order valence-electron chi connectivity index (χ0n) is 8.03.